The number of nitrogens with two attached hydrogens (primary N) is 2. The molecular weight excluding hydrogens is 580 g/mol. The Bertz CT molecular complexity index is 1110. The maximum absolute atomic E-state index is 12.6. The molecule has 0 saturated carbocycles. The maximum atomic E-state index is 12.6. The summed E-state index contributed by atoms with van der Waals surface area (Å²) in [5, 5.41) is 2.58. The molecular formula is C18H32BBrN7O9P. The quantitative estimate of drug-likeness (QED) is 0.0898. The molecule has 7 N–H and O–H groups in total. The number of rotatable bonds is 10. The zero-order chi connectivity index (χ0) is 27.0. The van der Waals surface area contributed by atoms with E-state index in [2.05, 4.69) is 36.2 Å². The summed E-state index contributed by atoms with van der Waals surface area (Å²) in [5.74, 6) is -0.138. The molecule has 0 radical (unpaired) electrons. The van der Waals surface area contributed by atoms with Gasteiger partial charge in [-0.2, -0.15) is 0 Å². The van der Waals surface area contributed by atoms with Crippen molar-refractivity contribution in [1.29, 1.82) is 0 Å². The van der Waals surface area contributed by atoms with E-state index in [1.165, 1.54) is 12.1 Å². The number of alkyl carbamates (subject to hydrolysis) is 1. The molecule has 2 aromatic heterocycles. The molecule has 0 aromatic carbocycles. The monoisotopic (exact) mass is 611 g/mol. The van der Waals surface area contributed by atoms with Gasteiger partial charge < -0.3 is 5.73 Å². The first-order chi connectivity index (χ1) is 17.6. The van der Waals surface area contributed by atoms with Crippen LogP contribution in [-0.4, -0.2) is 103 Å². The summed E-state index contributed by atoms with van der Waals surface area (Å²) in [7, 11) is -2.11. The van der Waals surface area contributed by atoms with Crippen LogP contribution in [0.4, 0.5) is 10.7 Å². The van der Waals surface area contributed by atoms with Gasteiger partial charge in [-0.05, 0) is 0 Å². The fraction of sp³-hybridized carbons (Fsp3) is 0.667. The Hall–Kier alpha value is -1.89. The number of imidazole rings is 1. The molecule has 0 spiro atoms. The number of aromatic nitrogens is 4. The van der Waals surface area contributed by atoms with E-state index in [4.69, 9.17) is 39.5 Å². The number of amides is 1. The number of hydrogen-bond acceptors (Lipinski definition) is 13. The van der Waals surface area contributed by atoms with Crippen LogP contribution in [0, 0.1) is 0 Å². The fourth-order valence-corrected chi connectivity index (χ4v) is 4.97. The predicted octanol–water partition coefficient (Wildman–Crippen LogP) is -1.46. The molecule has 19 heteroatoms. The number of nitrogens with zero attached hydrogens (tertiary/aromatic N) is 3. The van der Waals surface area contributed by atoms with Crippen LogP contribution >= 0.6 is 23.8 Å². The van der Waals surface area contributed by atoms with Crippen LogP contribution in [0.25, 0.3) is 11.2 Å². The van der Waals surface area contributed by atoms with E-state index in [0.717, 1.165) is 0 Å². The van der Waals surface area contributed by atoms with Crippen molar-refractivity contribution in [2.45, 2.75) is 25.4 Å². The number of hydrogen-bond donors (Lipinski definition) is 5. The number of fused-ring (bicyclic) bond motifs is 1. The molecule has 3 heterocycles. The minimum absolute atomic E-state index is 0.00136. The molecule has 1 fully saturated rings. The van der Waals surface area contributed by atoms with Gasteiger partial charge in [-0.25, -0.2) is 0 Å². The second-order valence-corrected chi connectivity index (χ2v) is 11.2. The molecule has 0 unspecified atom stereocenters. The van der Waals surface area contributed by atoms with Gasteiger partial charge in [-0.1, -0.05) is 0 Å². The fourth-order valence-electron chi connectivity index (χ4n) is 3.33. The predicted molar refractivity (Wildman–Crippen MR) is 140 cm³/mol. The average Bonchev–Trinajstić information content (AvgIpc) is 3.18. The number of nitrogen functional groups attached to an aromatic ring is 1. The number of halogens is 1. The molecule has 1 saturated heterocycles. The molecule has 3 rings (SSSR count). The van der Waals surface area contributed by atoms with Crippen LogP contribution in [0.2, 0.25) is 0 Å². The van der Waals surface area contributed by atoms with Crippen LogP contribution in [0.5, 0.6) is 0 Å². The van der Waals surface area contributed by atoms with Crippen LogP contribution in [0.3, 0.4) is 0 Å². The summed E-state index contributed by atoms with van der Waals surface area (Å²) in [6.07, 6.45) is -3.58. The molecule has 1 amide bonds. The van der Waals surface area contributed by atoms with E-state index in [0.29, 0.717) is 26.4 Å². The second-order valence-electron chi connectivity index (χ2n) is 8.12. The number of H-pyrrole nitrogens is 1. The molecule has 1 aliphatic heterocycles. The van der Waals surface area contributed by atoms with Crippen LogP contribution in [0.1, 0.15) is 13.2 Å². The Kier molecular flexibility index (Phi) is 11.0. The summed E-state index contributed by atoms with van der Waals surface area (Å²) < 4.78 is 35.1. The zero-order valence-electron chi connectivity index (χ0n) is 20.5. The van der Waals surface area contributed by atoms with E-state index < -0.39 is 37.9 Å². The standard InChI is InChI=1S/C18H32BBrN7O9P/c1-10-8-33-37(19,30)34-9-11(36-18(29)23-3-5-32-7-6-31-4-2-21)15(35-10)27-13-12(24-16(27)20)14(28)26-17(22)25-13/h10-11,15,30,37H,2-9,19,21H2,1H3,(H,23,29)(H3,22,25,26,28)/t10-,11-,15+/m0/s1. The van der Waals surface area contributed by atoms with E-state index in [1.54, 1.807) is 6.92 Å². The van der Waals surface area contributed by atoms with Crippen molar-refractivity contribution in [3.8, 4) is 0 Å². The van der Waals surface area contributed by atoms with Gasteiger partial charge in [0.2, 0.25) is 0 Å². The Morgan fingerprint density at radius 3 is 2.73 bits per heavy atom. The number of anilines is 1. The number of ether oxygens (including phenoxy) is 4. The van der Waals surface area contributed by atoms with Crippen LogP contribution in [0.15, 0.2) is 9.53 Å². The van der Waals surface area contributed by atoms with Crippen molar-refractivity contribution >= 4 is 54.5 Å². The molecule has 3 atom stereocenters. The minimum atomic E-state index is -3.55. The van der Waals surface area contributed by atoms with Crippen molar-refractivity contribution in [2.75, 3.05) is 58.5 Å². The summed E-state index contributed by atoms with van der Waals surface area (Å²) >= 11 is 3.32. The Morgan fingerprint density at radius 1 is 1.30 bits per heavy atom. The average molecular weight is 612 g/mol. The van der Waals surface area contributed by atoms with Gasteiger partial charge in [-0.3, -0.25) is 0 Å². The van der Waals surface area contributed by atoms with Gasteiger partial charge >= 0.3 is 203 Å². The normalized spacial score (nSPS) is 23.1. The molecule has 2 aromatic rings. The topological polar surface area (TPSA) is 220 Å². The number of carbonyl (C=O) groups excluding carboxylic acids is 1. The van der Waals surface area contributed by atoms with Crippen molar-refractivity contribution in [1.82, 2.24) is 24.8 Å². The van der Waals surface area contributed by atoms with E-state index in [-0.39, 0.29) is 48.2 Å². The molecule has 0 bridgehead atoms. The van der Waals surface area contributed by atoms with Gasteiger partial charge in [0, 0.05) is 6.54 Å². The van der Waals surface area contributed by atoms with Crippen molar-refractivity contribution < 1.29 is 37.7 Å². The van der Waals surface area contributed by atoms with E-state index in [9.17, 15) is 14.5 Å². The van der Waals surface area contributed by atoms with Crippen LogP contribution in [-0.2, 0) is 28.0 Å². The van der Waals surface area contributed by atoms with Crippen molar-refractivity contribution in [3.05, 3.63) is 15.1 Å². The van der Waals surface area contributed by atoms with Gasteiger partial charge in [0.1, 0.15) is 0 Å². The van der Waals surface area contributed by atoms with Gasteiger partial charge in [-0.15, -0.1) is 0 Å². The Labute approximate surface area is 221 Å². The number of aromatic amines is 1. The van der Waals surface area contributed by atoms with Gasteiger partial charge in [0.15, 0.2) is 0 Å². The number of carbonyl (C=O) groups is 1. The van der Waals surface area contributed by atoms with Crippen molar-refractivity contribution in [2.24, 2.45) is 5.73 Å². The third kappa shape index (κ3) is 8.56. The molecule has 1 aliphatic rings. The third-order valence-electron chi connectivity index (χ3n) is 4.98. The SMILES string of the molecule is B[PH]1(O)OC[C@H](OC(=O)NCCOCCOCCN)[C@H](n2c(Br)nc3c(=O)[nH]c(N)nc32)O[C@@H](C)CO1. The summed E-state index contributed by atoms with van der Waals surface area (Å²) in [5.41, 5.74) is 10.6. The molecule has 0 aliphatic carbocycles. The van der Waals surface area contributed by atoms with Gasteiger partial charge in [0.25, 0.3) is 0 Å². The number of nitrogens with one attached hydrogen (secondary N) is 2. The summed E-state index contributed by atoms with van der Waals surface area (Å²) in [6, 6.07) is 0. The first kappa shape index (κ1) is 29.7. The molecule has 16 nitrogen and oxygen atoms in total. The van der Waals surface area contributed by atoms with E-state index in [1.807, 2.05) is 0 Å². The molecule has 37 heavy (non-hydrogen) atoms. The molecule has 208 valence electrons. The van der Waals surface area contributed by atoms with Crippen molar-refractivity contribution in [3.63, 3.8) is 0 Å². The van der Waals surface area contributed by atoms with E-state index >= 15 is 0 Å². The summed E-state index contributed by atoms with van der Waals surface area (Å²) in [6.45, 7) is 3.40. The second kappa shape index (κ2) is 13.8. The zero-order valence-corrected chi connectivity index (χ0v) is 23.1. The first-order valence-electron chi connectivity index (χ1n) is 11.5. The summed E-state index contributed by atoms with van der Waals surface area (Å²) in [4.78, 5) is 46.3. The Balaban J connectivity index is 1.78. The van der Waals surface area contributed by atoms with Gasteiger partial charge in [0.05, 0.1) is 6.61 Å². The Morgan fingerprint density at radius 2 is 2.00 bits per heavy atom. The first-order valence-corrected chi connectivity index (χ1v) is 14.6. The third-order valence-corrected chi connectivity index (χ3v) is 6.94. The van der Waals surface area contributed by atoms with Crippen LogP contribution < -0.4 is 22.3 Å².